The number of hydrogen-bond acceptors (Lipinski definition) is 3. The number of aromatic nitrogens is 2. The molecule has 0 atom stereocenters. The van der Waals surface area contributed by atoms with Gasteiger partial charge in [-0.2, -0.15) is 5.10 Å². The lowest BCUT2D eigenvalue weighted by atomic mass is 10.1. The number of ether oxygens (including phenoxy) is 1. The first-order valence-corrected chi connectivity index (χ1v) is 6.04. The number of methoxy groups -OCH3 is 1. The summed E-state index contributed by atoms with van der Waals surface area (Å²) >= 11 is 0. The third-order valence-corrected chi connectivity index (χ3v) is 2.84. The Balaban J connectivity index is 2.85. The molecule has 0 amide bonds. The maximum absolute atomic E-state index is 5.79. The van der Waals surface area contributed by atoms with Crippen LogP contribution < -0.4 is 5.73 Å². The van der Waals surface area contributed by atoms with Crippen molar-refractivity contribution in [1.29, 1.82) is 0 Å². The Kier molecular flexibility index (Phi) is 5.49. The number of aryl methyl sites for hydroxylation is 2. The molecule has 0 aliphatic heterocycles. The highest BCUT2D eigenvalue weighted by Gasteiger charge is 2.13. The summed E-state index contributed by atoms with van der Waals surface area (Å²) in [6.07, 6.45) is 2.95. The molecule has 4 nitrogen and oxygen atoms in total. The number of nitrogens with zero attached hydrogens (tertiary/aromatic N) is 2. The fourth-order valence-electron chi connectivity index (χ4n) is 2.05. The highest BCUT2D eigenvalue weighted by atomic mass is 16.5. The molecule has 0 saturated carbocycles. The van der Waals surface area contributed by atoms with Crippen molar-refractivity contribution in [2.24, 2.45) is 5.73 Å². The monoisotopic (exact) mass is 225 g/mol. The summed E-state index contributed by atoms with van der Waals surface area (Å²) in [7, 11) is 1.73. The molecule has 1 aromatic rings. The SMILES string of the molecule is CCc1nn(CCCOC)c(CC)c1CN. The van der Waals surface area contributed by atoms with Crippen LogP contribution in [0.2, 0.25) is 0 Å². The summed E-state index contributed by atoms with van der Waals surface area (Å²) in [4.78, 5) is 0. The van der Waals surface area contributed by atoms with Gasteiger partial charge in [-0.1, -0.05) is 13.8 Å². The van der Waals surface area contributed by atoms with Crippen molar-refractivity contribution in [3.8, 4) is 0 Å². The van der Waals surface area contributed by atoms with E-state index in [1.807, 2.05) is 0 Å². The summed E-state index contributed by atoms with van der Waals surface area (Å²) in [5, 5.41) is 4.62. The lowest BCUT2D eigenvalue weighted by Crippen LogP contribution is -2.08. The van der Waals surface area contributed by atoms with Crippen molar-refractivity contribution in [1.82, 2.24) is 9.78 Å². The van der Waals surface area contributed by atoms with Crippen LogP contribution in [-0.4, -0.2) is 23.5 Å². The van der Waals surface area contributed by atoms with Crippen molar-refractivity contribution in [2.75, 3.05) is 13.7 Å². The molecule has 92 valence electrons. The quantitative estimate of drug-likeness (QED) is 0.716. The Bertz CT molecular complexity index is 320. The van der Waals surface area contributed by atoms with Crippen LogP contribution >= 0.6 is 0 Å². The van der Waals surface area contributed by atoms with Crippen LogP contribution in [0.3, 0.4) is 0 Å². The zero-order valence-corrected chi connectivity index (χ0v) is 10.6. The number of hydrogen-bond donors (Lipinski definition) is 1. The highest BCUT2D eigenvalue weighted by molar-refractivity contribution is 5.26. The van der Waals surface area contributed by atoms with Gasteiger partial charge < -0.3 is 10.5 Å². The van der Waals surface area contributed by atoms with Crippen LogP contribution in [0, 0.1) is 0 Å². The molecular formula is C12H23N3O. The van der Waals surface area contributed by atoms with Crippen LogP contribution in [0.4, 0.5) is 0 Å². The molecule has 1 heterocycles. The highest BCUT2D eigenvalue weighted by Crippen LogP contribution is 2.16. The predicted octanol–water partition coefficient (Wildman–Crippen LogP) is 1.50. The zero-order valence-electron chi connectivity index (χ0n) is 10.6. The van der Waals surface area contributed by atoms with Gasteiger partial charge in [0.1, 0.15) is 0 Å². The molecule has 1 rings (SSSR count). The van der Waals surface area contributed by atoms with Crippen LogP contribution in [0.25, 0.3) is 0 Å². The Morgan fingerprint density at radius 1 is 1.31 bits per heavy atom. The van der Waals surface area contributed by atoms with Gasteiger partial charge in [0.15, 0.2) is 0 Å². The van der Waals surface area contributed by atoms with Crippen molar-refractivity contribution in [2.45, 2.75) is 46.2 Å². The van der Waals surface area contributed by atoms with Gasteiger partial charge in [-0.3, -0.25) is 4.68 Å². The zero-order chi connectivity index (χ0) is 12.0. The molecule has 1 aromatic heterocycles. The Labute approximate surface area is 97.8 Å². The molecule has 0 unspecified atom stereocenters. The topological polar surface area (TPSA) is 53.1 Å². The van der Waals surface area contributed by atoms with Crippen molar-refractivity contribution < 1.29 is 4.74 Å². The van der Waals surface area contributed by atoms with E-state index >= 15 is 0 Å². The van der Waals surface area contributed by atoms with E-state index in [9.17, 15) is 0 Å². The minimum absolute atomic E-state index is 0.594. The number of rotatable bonds is 7. The van der Waals surface area contributed by atoms with E-state index in [0.29, 0.717) is 6.54 Å². The Morgan fingerprint density at radius 3 is 2.56 bits per heavy atom. The molecular weight excluding hydrogens is 202 g/mol. The smallest absolute Gasteiger partial charge is 0.0669 e. The van der Waals surface area contributed by atoms with Crippen LogP contribution in [-0.2, 0) is 30.7 Å². The number of nitrogens with two attached hydrogens (primary N) is 1. The van der Waals surface area contributed by atoms with Gasteiger partial charge >= 0.3 is 0 Å². The van der Waals surface area contributed by atoms with Gasteiger partial charge in [-0.15, -0.1) is 0 Å². The Morgan fingerprint density at radius 2 is 2.06 bits per heavy atom. The summed E-state index contributed by atoms with van der Waals surface area (Å²) in [5.41, 5.74) is 9.47. The van der Waals surface area contributed by atoms with E-state index < -0.39 is 0 Å². The van der Waals surface area contributed by atoms with Gasteiger partial charge in [-0.25, -0.2) is 0 Å². The van der Waals surface area contributed by atoms with Crippen molar-refractivity contribution >= 4 is 0 Å². The second-order valence-corrected chi connectivity index (χ2v) is 3.85. The maximum atomic E-state index is 5.79. The third-order valence-electron chi connectivity index (χ3n) is 2.84. The summed E-state index contributed by atoms with van der Waals surface area (Å²) in [5.74, 6) is 0. The molecule has 0 fully saturated rings. The molecule has 0 aliphatic rings. The van der Waals surface area contributed by atoms with Crippen LogP contribution in [0.1, 0.15) is 37.2 Å². The molecule has 16 heavy (non-hydrogen) atoms. The average Bonchev–Trinajstić information content (AvgIpc) is 2.66. The summed E-state index contributed by atoms with van der Waals surface area (Å²) < 4.78 is 7.16. The van der Waals surface area contributed by atoms with Crippen LogP contribution in [0.15, 0.2) is 0 Å². The van der Waals surface area contributed by atoms with Crippen molar-refractivity contribution in [3.05, 3.63) is 17.0 Å². The molecule has 0 bridgehead atoms. The lowest BCUT2D eigenvalue weighted by molar-refractivity contribution is 0.188. The molecule has 0 radical (unpaired) electrons. The van der Waals surface area contributed by atoms with Gasteiger partial charge in [0.05, 0.1) is 5.69 Å². The van der Waals surface area contributed by atoms with Crippen molar-refractivity contribution in [3.63, 3.8) is 0 Å². The van der Waals surface area contributed by atoms with E-state index in [4.69, 9.17) is 10.5 Å². The van der Waals surface area contributed by atoms with Gasteiger partial charge in [0.25, 0.3) is 0 Å². The van der Waals surface area contributed by atoms with Crippen LogP contribution in [0.5, 0.6) is 0 Å². The van der Waals surface area contributed by atoms with E-state index in [1.165, 1.54) is 11.3 Å². The molecule has 0 aliphatic carbocycles. The minimum atomic E-state index is 0.594. The van der Waals surface area contributed by atoms with E-state index in [2.05, 4.69) is 23.6 Å². The second kappa shape index (κ2) is 6.66. The minimum Gasteiger partial charge on any atom is -0.385 e. The van der Waals surface area contributed by atoms with E-state index in [-0.39, 0.29) is 0 Å². The average molecular weight is 225 g/mol. The molecule has 0 saturated heterocycles. The molecule has 2 N–H and O–H groups in total. The summed E-state index contributed by atoms with van der Waals surface area (Å²) in [6.45, 7) is 6.58. The normalized spacial score (nSPS) is 11.0. The summed E-state index contributed by atoms with van der Waals surface area (Å²) in [6, 6.07) is 0. The Hall–Kier alpha value is -0.870. The second-order valence-electron chi connectivity index (χ2n) is 3.85. The molecule has 4 heteroatoms. The fraction of sp³-hybridized carbons (Fsp3) is 0.750. The first-order valence-electron chi connectivity index (χ1n) is 6.04. The van der Waals surface area contributed by atoms with Gasteiger partial charge in [0.2, 0.25) is 0 Å². The molecule has 0 spiro atoms. The standard InChI is InChI=1S/C12H23N3O/c1-4-11-10(9-13)12(5-2)15(14-11)7-6-8-16-3/h4-9,13H2,1-3H3. The largest absolute Gasteiger partial charge is 0.385 e. The fourth-order valence-corrected chi connectivity index (χ4v) is 2.05. The first kappa shape index (κ1) is 13.2. The van der Waals surface area contributed by atoms with Gasteiger partial charge in [0, 0.05) is 38.1 Å². The maximum Gasteiger partial charge on any atom is 0.0669 e. The molecule has 0 aromatic carbocycles. The first-order chi connectivity index (χ1) is 7.78. The predicted molar refractivity (Wildman–Crippen MR) is 65.4 cm³/mol. The third kappa shape index (κ3) is 2.83. The van der Waals surface area contributed by atoms with Gasteiger partial charge in [-0.05, 0) is 19.3 Å². The van der Waals surface area contributed by atoms with E-state index in [1.54, 1.807) is 7.11 Å². The van der Waals surface area contributed by atoms with E-state index in [0.717, 1.165) is 38.1 Å². The lowest BCUT2D eigenvalue weighted by Gasteiger charge is -2.06.